The maximum atomic E-state index is 13.8. The van der Waals surface area contributed by atoms with Crippen LogP contribution in [0, 0.1) is 24.2 Å². The summed E-state index contributed by atoms with van der Waals surface area (Å²) in [6, 6.07) is 8.73. The van der Waals surface area contributed by atoms with Crippen molar-refractivity contribution in [1.82, 2.24) is 16.0 Å². The SMILES string of the molecule is Cc1ccc(C23CC4CC(CC(C(=O)NC5CCC6(CC5)NC(=O)NC6=O)(C4)C2)C3)cc1. The van der Waals surface area contributed by atoms with Gasteiger partial charge in [0.2, 0.25) is 5.91 Å². The zero-order valence-corrected chi connectivity index (χ0v) is 18.8. The average molecular weight is 436 g/mol. The van der Waals surface area contributed by atoms with Crippen LogP contribution in [0.3, 0.4) is 0 Å². The average Bonchev–Trinajstić information content (AvgIpc) is 3.01. The van der Waals surface area contributed by atoms with Crippen LogP contribution < -0.4 is 16.0 Å². The molecular weight excluding hydrogens is 402 g/mol. The van der Waals surface area contributed by atoms with Gasteiger partial charge in [-0.2, -0.15) is 0 Å². The number of aryl methyl sites for hydroxylation is 1. The quantitative estimate of drug-likeness (QED) is 0.636. The summed E-state index contributed by atoms with van der Waals surface area (Å²) in [4.78, 5) is 37.6. The third kappa shape index (κ3) is 3.01. The first-order valence-corrected chi connectivity index (χ1v) is 12.3. The van der Waals surface area contributed by atoms with Gasteiger partial charge in [-0.15, -0.1) is 0 Å². The van der Waals surface area contributed by atoms with Crippen molar-refractivity contribution in [3.63, 3.8) is 0 Å². The number of rotatable bonds is 3. The Labute approximate surface area is 189 Å². The molecule has 2 unspecified atom stereocenters. The Morgan fingerprint density at radius 3 is 2.25 bits per heavy atom. The molecule has 6 fully saturated rings. The summed E-state index contributed by atoms with van der Waals surface area (Å²) in [5.74, 6) is 1.32. The van der Waals surface area contributed by atoms with Crippen molar-refractivity contribution in [3.8, 4) is 0 Å². The molecule has 6 nitrogen and oxygen atoms in total. The molecule has 6 aliphatic rings. The lowest BCUT2D eigenvalue weighted by molar-refractivity contribution is -0.150. The third-order valence-electron chi connectivity index (χ3n) is 9.40. The minimum atomic E-state index is -0.769. The van der Waals surface area contributed by atoms with Crippen molar-refractivity contribution in [3.05, 3.63) is 35.4 Å². The molecule has 3 N–H and O–H groups in total. The van der Waals surface area contributed by atoms with Gasteiger partial charge in [0, 0.05) is 6.04 Å². The van der Waals surface area contributed by atoms with Gasteiger partial charge in [0.15, 0.2) is 0 Å². The van der Waals surface area contributed by atoms with E-state index < -0.39 is 11.6 Å². The Bertz CT molecular complexity index is 963. The number of urea groups is 1. The van der Waals surface area contributed by atoms with Gasteiger partial charge in [-0.3, -0.25) is 14.9 Å². The topological polar surface area (TPSA) is 87.3 Å². The second-order valence-corrected chi connectivity index (χ2v) is 11.6. The van der Waals surface area contributed by atoms with Crippen molar-refractivity contribution < 1.29 is 14.4 Å². The molecule has 170 valence electrons. The first-order chi connectivity index (χ1) is 15.3. The van der Waals surface area contributed by atoms with Crippen molar-refractivity contribution in [2.24, 2.45) is 17.3 Å². The highest BCUT2D eigenvalue weighted by molar-refractivity contribution is 6.07. The summed E-state index contributed by atoms with van der Waals surface area (Å²) >= 11 is 0. The molecule has 1 aliphatic heterocycles. The largest absolute Gasteiger partial charge is 0.353 e. The molecule has 0 radical (unpaired) electrons. The molecular formula is C26H33N3O3. The molecule has 32 heavy (non-hydrogen) atoms. The van der Waals surface area contributed by atoms with Crippen LogP contribution in [-0.4, -0.2) is 29.4 Å². The van der Waals surface area contributed by atoms with Gasteiger partial charge in [0.05, 0.1) is 5.41 Å². The summed E-state index contributed by atoms with van der Waals surface area (Å²) in [6.07, 6.45) is 9.38. The molecule has 1 aromatic carbocycles. The number of benzene rings is 1. The van der Waals surface area contributed by atoms with Gasteiger partial charge in [0.25, 0.3) is 5.91 Å². The van der Waals surface area contributed by atoms with Crippen LogP contribution in [0.4, 0.5) is 4.79 Å². The molecule has 4 amide bonds. The lowest BCUT2D eigenvalue weighted by Gasteiger charge is -2.61. The van der Waals surface area contributed by atoms with Gasteiger partial charge >= 0.3 is 6.03 Å². The molecule has 0 aromatic heterocycles. The van der Waals surface area contributed by atoms with E-state index in [2.05, 4.69) is 47.1 Å². The smallest absolute Gasteiger partial charge is 0.322 e. The highest BCUT2D eigenvalue weighted by Crippen LogP contribution is 2.65. The maximum Gasteiger partial charge on any atom is 0.322 e. The van der Waals surface area contributed by atoms with E-state index in [9.17, 15) is 14.4 Å². The summed E-state index contributed by atoms with van der Waals surface area (Å²) in [5.41, 5.74) is 1.85. The minimum Gasteiger partial charge on any atom is -0.353 e. The summed E-state index contributed by atoms with van der Waals surface area (Å²) in [5, 5.41) is 8.59. The number of imide groups is 1. The molecule has 4 bridgehead atoms. The standard InChI is InChI=1S/C26H33N3O3/c1-16-2-4-19(5-3-16)24-11-17-10-18(12-24)14-25(13-17,15-24)21(30)27-20-6-8-26(9-7-20)22(31)28-23(32)29-26/h2-5,17-18,20H,6-15H2,1H3,(H,27,30)(H2,28,29,31,32). The van der Waals surface area contributed by atoms with Crippen LogP contribution in [0.15, 0.2) is 24.3 Å². The number of amides is 4. The summed E-state index contributed by atoms with van der Waals surface area (Å²) in [6.45, 7) is 2.13. The fourth-order valence-electron chi connectivity index (χ4n) is 8.25. The van der Waals surface area contributed by atoms with E-state index in [0.717, 1.165) is 32.1 Å². The highest BCUT2D eigenvalue weighted by Gasteiger charge is 2.61. The van der Waals surface area contributed by atoms with E-state index in [1.807, 2.05) is 0 Å². The van der Waals surface area contributed by atoms with Crippen LogP contribution >= 0.6 is 0 Å². The van der Waals surface area contributed by atoms with Gasteiger partial charge in [-0.25, -0.2) is 4.79 Å². The number of carbonyl (C=O) groups excluding carboxylic acids is 3. The zero-order valence-electron chi connectivity index (χ0n) is 18.8. The predicted octanol–water partition coefficient (Wildman–Crippen LogP) is 3.47. The van der Waals surface area contributed by atoms with E-state index in [1.54, 1.807) is 0 Å². The van der Waals surface area contributed by atoms with Crippen molar-refractivity contribution in [2.75, 3.05) is 0 Å². The second-order valence-electron chi connectivity index (χ2n) is 11.6. The Kier molecular flexibility index (Phi) is 4.31. The van der Waals surface area contributed by atoms with Gasteiger partial charge < -0.3 is 10.6 Å². The molecule has 2 atom stereocenters. The van der Waals surface area contributed by atoms with Crippen molar-refractivity contribution >= 4 is 17.8 Å². The fourth-order valence-corrected chi connectivity index (χ4v) is 8.25. The maximum absolute atomic E-state index is 13.8. The molecule has 6 heteroatoms. The zero-order chi connectivity index (χ0) is 22.1. The number of hydrogen-bond donors (Lipinski definition) is 3. The molecule has 7 rings (SSSR count). The first-order valence-electron chi connectivity index (χ1n) is 12.3. The number of carbonyl (C=O) groups is 3. The van der Waals surface area contributed by atoms with Crippen LogP contribution in [0.25, 0.3) is 0 Å². The minimum absolute atomic E-state index is 0.0850. The summed E-state index contributed by atoms with van der Waals surface area (Å²) in [7, 11) is 0. The Balaban J connectivity index is 1.18. The van der Waals surface area contributed by atoms with Crippen molar-refractivity contribution in [1.29, 1.82) is 0 Å². The normalized spacial score (nSPS) is 42.1. The summed E-state index contributed by atoms with van der Waals surface area (Å²) < 4.78 is 0. The molecule has 1 heterocycles. The fraction of sp³-hybridized carbons (Fsp3) is 0.654. The van der Waals surface area contributed by atoms with Crippen LogP contribution in [-0.2, 0) is 15.0 Å². The number of nitrogens with one attached hydrogen (secondary N) is 3. The molecule has 1 aromatic rings. The highest BCUT2D eigenvalue weighted by atomic mass is 16.2. The van der Waals surface area contributed by atoms with E-state index >= 15 is 0 Å². The molecule has 1 spiro atoms. The van der Waals surface area contributed by atoms with Gasteiger partial charge in [-0.1, -0.05) is 29.8 Å². The van der Waals surface area contributed by atoms with E-state index in [0.29, 0.717) is 24.7 Å². The third-order valence-corrected chi connectivity index (χ3v) is 9.40. The monoisotopic (exact) mass is 435 g/mol. The lowest BCUT2D eigenvalue weighted by Crippen LogP contribution is -2.60. The van der Waals surface area contributed by atoms with Gasteiger partial charge in [-0.05, 0) is 93.9 Å². The van der Waals surface area contributed by atoms with Crippen LogP contribution in [0.5, 0.6) is 0 Å². The Morgan fingerprint density at radius 2 is 1.66 bits per heavy atom. The van der Waals surface area contributed by atoms with Crippen molar-refractivity contribution in [2.45, 2.75) is 88.1 Å². The Morgan fingerprint density at radius 1 is 1.00 bits per heavy atom. The Hall–Kier alpha value is -2.37. The van der Waals surface area contributed by atoms with Gasteiger partial charge in [0.1, 0.15) is 5.54 Å². The van der Waals surface area contributed by atoms with E-state index in [4.69, 9.17) is 0 Å². The number of hydrogen-bond acceptors (Lipinski definition) is 3. The molecule has 5 saturated carbocycles. The first kappa shape index (κ1) is 20.3. The second kappa shape index (κ2) is 6.82. The molecule has 5 aliphatic carbocycles. The van der Waals surface area contributed by atoms with E-state index in [1.165, 1.54) is 30.4 Å². The molecule has 1 saturated heterocycles. The van der Waals surface area contributed by atoms with Crippen LogP contribution in [0.2, 0.25) is 0 Å². The van der Waals surface area contributed by atoms with Crippen LogP contribution in [0.1, 0.15) is 75.3 Å². The van der Waals surface area contributed by atoms with E-state index in [-0.39, 0.29) is 28.7 Å². The lowest BCUT2D eigenvalue weighted by atomic mass is 9.42. The predicted molar refractivity (Wildman–Crippen MR) is 120 cm³/mol.